The van der Waals surface area contributed by atoms with Crippen LogP contribution in [0, 0.1) is 5.92 Å². The Labute approximate surface area is 156 Å². The van der Waals surface area contributed by atoms with Crippen molar-refractivity contribution in [1.29, 1.82) is 0 Å². The van der Waals surface area contributed by atoms with E-state index in [9.17, 15) is 0 Å². The monoisotopic (exact) mass is 356 g/mol. The number of pyridine rings is 1. The third kappa shape index (κ3) is 4.61. The molecule has 26 heavy (non-hydrogen) atoms. The predicted octanol–water partition coefficient (Wildman–Crippen LogP) is 3.90. The van der Waals surface area contributed by atoms with E-state index in [2.05, 4.69) is 49.4 Å². The summed E-state index contributed by atoms with van der Waals surface area (Å²) in [5.74, 6) is 2.54. The van der Waals surface area contributed by atoms with E-state index >= 15 is 0 Å². The number of anilines is 2. The molecule has 3 rings (SSSR count). The fourth-order valence-corrected chi connectivity index (χ4v) is 3.44. The molecule has 2 aromatic heterocycles. The number of aromatic nitrogens is 3. The highest BCUT2D eigenvalue weighted by Gasteiger charge is 2.19. The first kappa shape index (κ1) is 18.8. The van der Waals surface area contributed by atoms with Crippen LogP contribution in [0.2, 0.25) is 0 Å². The van der Waals surface area contributed by atoms with Gasteiger partial charge in [-0.1, -0.05) is 13.8 Å². The Morgan fingerprint density at radius 2 is 1.85 bits per heavy atom. The van der Waals surface area contributed by atoms with Gasteiger partial charge in [0.25, 0.3) is 0 Å². The maximum absolute atomic E-state index is 6.00. The van der Waals surface area contributed by atoms with E-state index in [1.54, 1.807) is 0 Å². The van der Waals surface area contributed by atoms with Gasteiger partial charge in [-0.25, -0.2) is 15.0 Å². The third-order valence-electron chi connectivity index (χ3n) is 5.04. The van der Waals surface area contributed by atoms with Crippen LogP contribution in [0.5, 0.6) is 0 Å². The van der Waals surface area contributed by atoms with Crippen LogP contribution >= 0.6 is 0 Å². The zero-order valence-electron chi connectivity index (χ0n) is 16.4. The Bertz CT molecular complexity index is 734. The van der Waals surface area contributed by atoms with Gasteiger partial charge in [0.15, 0.2) is 5.82 Å². The van der Waals surface area contributed by atoms with E-state index in [-0.39, 0.29) is 0 Å². The van der Waals surface area contributed by atoms with E-state index in [1.807, 2.05) is 6.20 Å². The first-order valence-electron chi connectivity index (χ1n) is 9.86. The summed E-state index contributed by atoms with van der Waals surface area (Å²) in [7, 11) is 0. The molecule has 0 saturated heterocycles. The van der Waals surface area contributed by atoms with Gasteiger partial charge in [0.05, 0.1) is 0 Å². The van der Waals surface area contributed by atoms with E-state index in [0.29, 0.717) is 29.9 Å². The summed E-state index contributed by atoms with van der Waals surface area (Å²) in [5.41, 5.74) is 7.94. The lowest BCUT2D eigenvalue weighted by molar-refractivity contribution is 0.338. The number of nitrogens with zero attached hydrogens (tertiary/aromatic N) is 3. The molecule has 0 radical (unpaired) electrons. The maximum atomic E-state index is 6.00. The Balaban J connectivity index is 1.81. The molecule has 0 atom stereocenters. The van der Waals surface area contributed by atoms with Gasteiger partial charge < -0.3 is 16.4 Å². The summed E-state index contributed by atoms with van der Waals surface area (Å²) in [4.78, 5) is 14.1. The molecule has 0 aromatic carbocycles. The molecule has 0 amide bonds. The van der Waals surface area contributed by atoms with E-state index in [1.165, 1.54) is 12.8 Å². The predicted molar refractivity (Wildman–Crippen MR) is 109 cm³/mol. The molecule has 2 aromatic rings. The summed E-state index contributed by atoms with van der Waals surface area (Å²) in [6, 6.07) is 2.78. The molecule has 0 aliphatic heterocycles. The summed E-state index contributed by atoms with van der Waals surface area (Å²) >= 11 is 0. The van der Waals surface area contributed by atoms with Crippen LogP contribution in [-0.4, -0.2) is 33.6 Å². The second-order valence-corrected chi connectivity index (χ2v) is 8.14. The zero-order chi connectivity index (χ0) is 18.7. The average molecular weight is 357 g/mol. The number of fused-ring (bicyclic) bond motifs is 1. The van der Waals surface area contributed by atoms with Gasteiger partial charge in [0, 0.05) is 35.9 Å². The highest BCUT2D eigenvalue weighted by molar-refractivity contribution is 5.89. The highest BCUT2D eigenvalue weighted by Crippen LogP contribution is 2.26. The molecule has 1 saturated carbocycles. The van der Waals surface area contributed by atoms with Crippen LogP contribution < -0.4 is 16.4 Å². The molecular formula is C20H32N6. The van der Waals surface area contributed by atoms with Crippen LogP contribution in [0.3, 0.4) is 0 Å². The molecule has 6 nitrogen and oxygen atoms in total. The van der Waals surface area contributed by atoms with Crippen molar-refractivity contribution in [2.75, 3.05) is 17.2 Å². The van der Waals surface area contributed by atoms with Gasteiger partial charge >= 0.3 is 0 Å². The second-order valence-electron chi connectivity index (χ2n) is 8.14. The highest BCUT2D eigenvalue weighted by atomic mass is 15.1. The molecule has 1 fully saturated rings. The van der Waals surface area contributed by atoms with Crippen LogP contribution in [0.25, 0.3) is 10.9 Å². The minimum absolute atomic E-state index is 0.297. The second kappa shape index (κ2) is 8.16. The van der Waals surface area contributed by atoms with E-state index < -0.39 is 0 Å². The van der Waals surface area contributed by atoms with Gasteiger partial charge in [-0.2, -0.15) is 0 Å². The molecule has 0 spiro atoms. The number of hydrogen-bond acceptors (Lipinski definition) is 6. The van der Waals surface area contributed by atoms with Crippen LogP contribution in [-0.2, 0) is 0 Å². The largest absolute Gasteiger partial charge is 0.366 e. The fraction of sp³-hybridized carbons (Fsp3) is 0.650. The van der Waals surface area contributed by atoms with Crippen molar-refractivity contribution in [3.8, 4) is 0 Å². The van der Waals surface area contributed by atoms with Crippen molar-refractivity contribution >= 4 is 22.7 Å². The first-order valence-corrected chi connectivity index (χ1v) is 9.86. The maximum Gasteiger partial charge on any atom is 0.223 e. The van der Waals surface area contributed by atoms with E-state index in [4.69, 9.17) is 15.7 Å². The number of nitrogens with two attached hydrogens (primary N) is 1. The lowest BCUT2D eigenvalue weighted by atomic mass is 9.86. The molecular weight excluding hydrogens is 324 g/mol. The van der Waals surface area contributed by atoms with Crippen LogP contribution in [0.15, 0.2) is 12.3 Å². The van der Waals surface area contributed by atoms with Crippen molar-refractivity contribution in [3.63, 3.8) is 0 Å². The molecule has 2 heterocycles. The Morgan fingerprint density at radius 3 is 2.50 bits per heavy atom. The molecule has 1 aliphatic rings. The fourth-order valence-electron chi connectivity index (χ4n) is 3.44. The topological polar surface area (TPSA) is 88.8 Å². The molecule has 0 bridgehead atoms. The smallest absolute Gasteiger partial charge is 0.223 e. The van der Waals surface area contributed by atoms with Crippen LogP contribution in [0.4, 0.5) is 11.8 Å². The lowest BCUT2D eigenvalue weighted by Crippen LogP contribution is -2.29. The zero-order valence-corrected chi connectivity index (χ0v) is 16.4. The first-order chi connectivity index (χ1) is 12.4. The molecule has 4 N–H and O–H groups in total. The molecule has 142 valence electrons. The van der Waals surface area contributed by atoms with Crippen molar-refractivity contribution in [2.24, 2.45) is 11.7 Å². The number of rotatable bonds is 6. The lowest BCUT2D eigenvalue weighted by Gasteiger charge is -2.26. The minimum Gasteiger partial charge on any atom is -0.366 e. The summed E-state index contributed by atoms with van der Waals surface area (Å²) in [6.07, 6.45) is 6.51. The van der Waals surface area contributed by atoms with Crippen molar-refractivity contribution in [1.82, 2.24) is 15.0 Å². The number of nitrogens with one attached hydrogen (secondary N) is 2. The third-order valence-corrected chi connectivity index (χ3v) is 5.04. The average Bonchev–Trinajstić information content (AvgIpc) is 2.60. The normalized spacial score (nSPS) is 20.7. The van der Waals surface area contributed by atoms with Gasteiger partial charge in [-0.15, -0.1) is 0 Å². The number of hydrogen-bond donors (Lipinski definition) is 3. The SMILES string of the molecule is CC(C)Nc1nc(C(C)C)cc2cnc(NC[C@H]3CC[C@H](N)CC3)nc12. The standard InChI is InChI=1S/C20H32N6/c1-12(2)17-9-15-11-23-20(22-10-14-5-7-16(21)8-6-14)26-18(15)19(25-17)24-13(3)4/h9,11-14,16H,5-8,10,21H2,1-4H3,(H,24,25)(H,22,23,26)/t14-,16-. The quantitative estimate of drug-likeness (QED) is 0.727. The Hall–Kier alpha value is -1.95. The van der Waals surface area contributed by atoms with Gasteiger partial charge in [-0.05, 0) is 57.4 Å². The minimum atomic E-state index is 0.297. The van der Waals surface area contributed by atoms with Crippen molar-refractivity contribution in [3.05, 3.63) is 18.0 Å². The van der Waals surface area contributed by atoms with Crippen molar-refractivity contribution in [2.45, 2.75) is 71.4 Å². The molecule has 1 aliphatic carbocycles. The summed E-state index contributed by atoms with van der Waals surface area (Å²) in [5, 5.41) is 7.89. The Morgan fingerprint density at radius 1 is 1.12 bits per heavy atom. The summed E-state index contributed by atoms with van der Waals surface area (Å²) in [6.45, 7) is 9.44. The van der Waals surface area contributed by atoms with Crippen molar-refractivity contribution < 1.29 is 0 Å². The van der Waals surface area contributed by atoms with Gasteiger partial charge in [-0.3, -0.25) is 0 Å². The summed E-state index contributed by atoms with van der Waals surface area (Å²) < 4.78 is 0. The van der Waals surface area contributed by atoms with Gasteiger partial charge in [0.1, 0.15) is 5.52 Å². The van der Waals surface area contributed by atoms with E-state index in [0.717, 1.165) is 41.8 Å². The van der Waals surface area contributed by atoms with Crippen LogP contribution in [0.1, 0.15) is 65.0 Å². The molecule has 0 unspecified atom stereocenters. The van der Waals surface area contributed by atoms with Gasteiger partial charge in [0.2, 0.25) is 5.95 Å². The Kier molecular flexibility index (Phi) is 5.91. The molecule has 6 heteroatoms.